The first kappa shape index (κ1) is 13.3. The SMILES string of the molecule is CCc1c(C)ccc(S(=O)(=O)O)c1-c1cccs1. The van der Waals surface area contributed by atoms with Gasteiger partial charge in [0.05, 0.1) is 0 Å². The van der Waals surface area contributed by atoms with Crippen LogP contribution in [0.25, 0.3) is 10.4 Å². The molecule has 0 saturated carbocycles. The van der Waals surface area contributed by atoms with Crippen molar-refractivity contribution >= 4 is 21.5 Å². The van der Waals surface area contributed by atoms with Crippen LogP contribution in [0.3, 0.4) is 0 Å². The van der Waals surface area contributed by atoms with Gasteiger partial charge in [-0.25, -0.2) is 0 Å². The predicted octanol–water partition coefficient (Wildman–Crippen LogP) is 3.53. The van der Waals surface area contributed by atoms with Gasteiger partial charge in [-0.2, -0.15) is 8.42 Å². The zero-order chi connectivity index (χ0) is 13.3. The molecule has 3 nitrogen and oxygen atoms in total. The van der Waals surface area contributed by atoms with E-state index in [4.69, 9.17) is 0 Å². The molecule has 1 aromatic carbocycles. The molecule has 0 unspecified atom stereocenters. The Morgan fingerprint density at radius 3 is 2.50 bits per heavy atom. The number of benzene rings is 1. The minimum Gasteiger partial charge on any atom is -0.282 e. The highest BCUT2D eigenvalue weighted by molar-refractivity contribution is 7.86. The number of hydrogen-bond donors (Lipinski definition) is 1. The molecule has 96 valence electrons. The van der Waals surface area contributed by atoms with Crippen LogP contribution >= 0.6 is 11.3 Å². The van der Waals surface area contributed by atoms with Gasteiger partial charge < -0.3 is 0 Å². The Morgan fingerprint density at radius 2 is 2.00 bits per heavy atom. The maximum atomic E-state index is 11.5. The Labute approximate surface area is 111 Å². The first-order valence-corrected chi connectivity index (χ1v) is 7.91. The molecular formula is C13H14O3S2. The molecule has 1 N–H and O–H groups in total. The molecule has 5 heteroatoms. The summed E-state index contributed by atoms with van der Waals surface area (Å²) in [6.45, 7) is 3.93. The van der Waals surface area contributed by atoms with Crippen LogP contribution < -0.4 is 0 Å². The molecule has 2 aromatic rings. The van der Waals surface area contributed by atoms with E-state index in [9.17, 15) is 13.0 Å². The standard InChI is InChI=1S/C13H14O3S2/c1-3-10-9(2)6-7-12(18(14,15)16)13(10)11-5-4-8-17-11/h4-8H,3H2,1-2H3,(H,14,15,16). The number of rotatable bonds is 3. The van der Waals surface area contributed by atoms with Crippen LogP contribution in [0.2, 0.25) is 0 Å². The number of hydrogen-bond acceptors (Lipinski definition) is 3. The zero-order valence-corrected chi connectivity index (χ0v) is 11.8. The van der Waals surface area contributed by atoms with Crippen LogP contribution in [0.15, 0.2) is 34.5 Å². The Balaban J connectivity index is 2.85. The van der Waals surface area contributed by atoms with Crippen LogP contribution in [-0.4, -0.2) is 13.0 Å². The highest BCUT2D eigenvalue weighted by atomic mass is 32.2. The van der Waals surface area contributed by atoms with Crippen molar-refractivity contribution in [1.29, 1.82) is 0 Å². The van der Waals surface area contributed by atoms with Crippen molar-refractivity contribution in [2.45, 2.75) is 25.2 Å². The summed E-state index contributed by atoms with van der Waals surface area (Å²) in [5.41, 5.74) is 2.64. The van der Waals surface area contributed by atoms with E-state index >= 15 is 0 Å². The predicted molar refractivity (Wildman–Crippen MR) is 73.7 cm³/mol. The molecule has 0 atom stereocenters. The minimum atomic E-state index is -4.20. The molecule has 1 aromatic heterocycles. The lowest BCUT2D eigenvalue weighted by Gasteiger charge is -2.13. The Kier molecular flexibility index (Phi) is 3.56. The summed E-state index contributed by atoms with van der Waals surface area (Å²) < 4.78 is 32.3. The van der Waals surface area contributed by atoms with E-state index in [1.54, 1.807) is 6.07 Å². The molecule has 0 radical (unpaired) electrons. The Bertz CT molecular complexity index is 656. The molecule has 0 aliphatic rings. The largest absolute Gasteiger partial charge is 0.295 e. The van der Waals surface area contributed by atoms with Crippen molar-refractivity contribution < 1.29 is 13.0 Å². The fourth-order valence-corrected chi connectivity index (χ4v) is 3.70. The van der Waals surface area contributed by atoms with E-state index in [1.165, 1.54) is 17.4 Å². The van der Waals surface area contributed by atoms with Gasteiger partial charge in [0, 0.05) is 10.4 Å². The van der Waals surface area contributed by atoms with Crippen molar-refractivity contribution in [3.63, 3.8) is 0 Å². The monoisotopic (exact) mass is 282 g/mol. The molecule has 0 aliphatic heterocycles. The van der Waals surface area contributed by atoms with E-state index in [-0.39, 0.29) is 4.90 Å². The third kappa shape index (κ3) is 2.34. The molecule has 0 amide bonds. The summed E-state index contributed by atoms with van der Waals surface area (Å²) in [6.07, 6.45) is 0.725. The fraction of sp³-hybridized carbons (Fsp3) is 0.231. The second kappa shape index (κ2) is 4.84. The summed E-state index contributed by atoms with van der Waals surface area (Å²) in [5, 5.41) is 1.89. The third-order valence-corrected chi connectivity index (χ3v) is 4.69. The van der Waals surface area contributed by atoms with Crippen molar-refractivity contribution in [3.8, 4) is 10.4 Å². The fourth-order valence-electron chi connectivity index (χ4n) is 2.09. The molecule has 0 saturated heterocycles. The lowest BCUT2D eigenvalue weighted by Crippen LogP contribution is -2.04. The molecule has 0 bridgehead atoms. The average Bonchev–Trinajstić information content (AvgIpc) is 2.79. The van der Waals surface area contributed by atoms with Gasteiger partial charge in [0.15, 0.2) is 0 Å². The van der Waals surface area contributed by atoms with Gasteiger partial charge in [0.2, 0.25) is 0 Å². The Hall–Kier alpha value is -1.17. The van der Waals surface area contributed by atoms with Crippen LogP contribution in [0.5, 0.6) is 0 Å². The molecule has 0 aliphatic carbocycles. The molecule has 18 heavy (non-hydrogen) atoms. The topological polar surface area (TPSA) is 54.4 Å². The maximum absolute atomic E-state index is 11.5. The summed E-state index contributed by atoms with van der Waals surface area (Å²) in [6, 6.07) is 6.95. The lowest BCUT2D eigenvalue weighted by atomic mass is 9.98. The highest BCUT2D eigenvalue weighted by Gasteiger charge is 2.20. The lowest BCUT2D eigenvalue weighted by molar-refractivity contribution is 0.483. The highest BCUT2D eigenvalue weighted by Crippen LogP contribution is 2.35. The normalized spacial score (nSPS) is 11.7. The van der Waals surface area contributed by atoms with E-state index in [0.29, 0.717) is 5.56 Å². The van der Waals surface area contributed by atoms with Crippen LogP contribution in [0.4, 0.5) is 0 Å². The number of thiophene rings is 1. The molecule has 2 rings (SSSR count). The Morgan fingerprint density at radius 1 is 1.28 bits per heavy atom. The van der Waals surface area contributed by atoms with Gasteiger partial charge in [-0.1, -0.05) is 19.1 Å². The maximum Gasteiger partial charge on any atom is 0.295 e. The molecule has 1 heterocycles. The van der Waals surface area contributed by atoms with Crippen molar-refractivity contribution in [3.05, 3.63) is 40.8 Å². The van der Waals surface area contributed by atoms with E-state index < -0.39 is 10.1 Å². The van der Waals surface area contributed by atoms with Gasteiger partial charge in [-0.05, 0) is 42.0 Å². The van der Waals surface area contributed by atoms with Crippen molar-refractivity contribution in [1.82, 2.24) is 0 Å². The summed E-state index contributed by atoms with van der Waals surface area (Å²) in [4.78, 5) is 0.857. The minimum absolute atomic E-state index is 0.00704. The molecule has 0 spiro atoms. The molecule has 0 fully saturated rings. The van der Waals surface area contributed by atoms with Gasteiger partial charge in [0.25, 0.3) is 10.1 Å². The first-order valence-electron chi connectivity index (χ1n) is 5.59. The van der Waals surface area contributed by atoms with E-state index in [2.05, 4.69) is 0 Å². The zero-order valence-electron chi connectivity index (χ0n) is 10.2. The second-order valence-corrected chi connectivity index (χ2v) is 6.38. The van der Waals surface area contributed by atoms with Crippen LogP contribution in [0, 0.1) is 6.92 Å². The van der Waals surface area contributed by atoms with Gasteiger partial charge in [0.1, 0.15) is 4.90 Å². The quantitative estimate of drug-likeness (QED) is 0.876. The van der Waals surface area contributed by atoms with Crippen molar-refractivity contribution in [2.24, 2.45) is 0 Å². The van der Waals surface area contributed by atoms with Gasteiger partial charge >= 0.3 is 0 Å². The number of aryl methyl sites for hydroxylation is 1. The van der Waals surface area contributed by atoms with Gasteiger partial charge in [-0.15, -0.1) is 11.3 Å². The average molecular weight is 282 g/mol. The smallest absolute Gasteiger partial charge is 0.282 e. The molecular weight excluding hydrogens is 268 g/mol. The summed E-state index contributed by atoms with van der Waals surface area (Å²) in [5.74, 6) is 0. The van der Waals surface area contributed by atoms with Gasteiger partial charge in [-0.3, -0.25) is 4.55 Å². The first-order chi connectivity index (χ1) is 8.45. The van der Waals surface area contributed by atoms with E-state index in [0.717, 1.165) is 22.4 Å². The van der Waals surface area contributed by atoms with Crippen LogP contribution in [0.1, 0.15) is 18.1 Å². The van der Waals surface area contributed by atoms with Crippen molar-refractivity contribution in [2.75, 3.05) is 0 Å². The second-order valence-electron chi connectivity index (χ2n) is 4.04. The third-order valence-electron chi connectivity index (χ3n) is 2.91. The van der Waals surface area contributed by atoms with Crippen LogP contribution in [-0.2, 0) is 16.5 Å². The summed E-state index contributed by atoms with van der Waals surface area (Å²) >= 11 is 1.47. The summed E-state index contributed by atoms with van der Waals surface area (Å²) in [7, 11) is -4.20. The van der Waals surface area contributed by atoms with E-state index in [1.807, 2.05) is 31.4 Å².